The molecule has 4 nitrogen and oxygen atoms in total. The molecule has 0 saturated carbocycles. The van der Waals surface area contributed by atoms with Gasteiger partial charge in [0.15, 0.2) is 0 Å². The molecule has 1 atom stereocenters. The van der Waals surface area contributed by atoms with E-state index in [0.29, 0.717) is 5.15 Å². The van der Waals surface area contributed by atoms with Crippen molar-refractivity contribution in [2.75, 3.05) is 0 Å². The second kappa shape index (κ2) is 6.36. The average molecular weight is 352 g/mol. The van der Waals surface area contributed by atoms with E-state index in [9.17, 15) is 4.79 Å². The number of aryl methyl sites for hydroxylation is 1. The molecule has 1 aliphatic carbocycles. The van der Waals surface area contributed by atoms with Gasteiger partial charge in [-0.05, 0) is 52.5 Å². The number of amides is 1. The molecule has 0 fully saturated rings. The van der Waals surface area contributed by atoms with Gasteiger partial charge in [-0.25, -0.2) is 9.97 Å². The molecule has 6 heteroatoms. The standard InChI is InChI=1S/C17H22ClN3OS/c1-9(2)21(10(3)4)17(22)11-5-6-12-13(7-11)23-16-14(12)15(18)19-8-20-16/h8-11H,5-7H2,1-4H3. The Hall–Kier alpha value is -1.20. The first kappa shape index (κ1) is 16.7. The van der Waals surface area contributed by atoms with E-state index < -0.39 is 0 Å². The van der Waals surface area contributed by atoms with Crippen molar-refractivity contribution in [1.29, 1.82) is 0 Å². The monoisotopic (exact) mass is 351 g/mol. The lowest BCUT2D eigenvalue weighted by atomic mass is 9.86. The first-order valence-corrected chi connectivity index (χ1v) is 9.32. The third-order valence-electron chi connectivity index (χ3n) is 4.52. The molecular formula is C17H22ClN3OS. The molecule has 0 radical (unpaired) electrons. The van der Waals surface area contributed by atoms with E-state index in [4.69, 9.17) is 11.6 Å². The Morgan fingerprint density at radius 2 is 2.00 bits per heavy atom. The van der Waals surface area contributed by atoms with E-state index >= 15 is 0 Å². The SMILES string of the molecule is CC(C)N(C(=O)C1CCc2c(sc3ncnc(Cl)c23)C1)C(C)C. The van der Waals surface area contributed by atoms with Gasteiger partial charge in [0.2, 0.25) is 5.91 Å². The molecule has 0 bridgehead atoms. The fourth-order valence-electron chi connectivity index (χ4n) is 3.60. The highest BCUT2D eigenvalue weighted by Crippen LogP contribution is 2.40. The number of hydrogen-bond donors (Lipinski definition) is 0. The fourth-order valence-corrected chi connectivity index (χ4v) is 5.17. The van der Waals surface area contributed by atoms with Crippen molar-refractivity contribution >= 4 is 39.1 Å². The Morgan fingerprint density at radius 3 is 2.65 bits per heavy atom. The second-order valence-electron chi connectivity index (χ2n) is 6.72. The number of thiophene rings is 1. The topological polar surface area (TPSA) is 46.1 Å². The Balaban J connectivity index is 1.90. The Kier molecular flexibility index (Phi) is 4.61. The molecule has 124 valence electrons. The summed E-state index contributed by atoms with van der Waals surface area (Å²) in [6, 6.07) is 0.457. The van der Waals surface area contributed by atoms with Crippen molar-refractivity contribution in [1.82, 2.24) is 14.9 Å². The van der Waals surface area contributed by atoms with Crippen LogP contribution in [0, 0.1) is 5.92 Å². The van der Waals surface area contributed by atoms with Crippen LogP contribution < -0.4 is 0 Å². The van der Waals surface area contributed by atoms with Crippen LogP contribution in [-0.4, -0.2) is 32.9 Å². The van der Waals surface area contributed by atoms with Gasteiger partial charge in [-0.3, -0.25) is 4.79 Å². The Bertz CT molecular complexity index is 733. The lowest BCUT2D eigenvalue weighted by Crippen LogP contribution is -2.46. The molecule has 0 aromatic carbocycles. The van der Waals surface area contributed by atoms with E-state index in [1.165, 1.54) is 16.8 Å². The molecule has 1 amide bonds. The summed E-state index contributed by atoms with van der Waals surface area (Å²) in [7, 11) is 0. The van der Waals surface area contributed by atoms with Gasteiger partial charge in [0.05, 0.1) is 5.39 Å². The van der Waals surface area contributed by atoms with Crippen molar-refractivity contribution < 1.29 is 4.79 Å². The van der Waals surface area contributed by atoms with Crippen molar-refractivity contribution in [3.63, 3.8) is 0 Å². The zero-order chi connectivity index (χ0) is 16.7. The molecule has 0 spiro atoms. The maximum atomic E-state index is 12.9. The molecule has 2 aromatic heterocycles. The third kappa shape index (κ3) is 2.96. The van der Waals surface area contributed by atoms with E-state index in [1.807, 2.05) is 4.90 Å². The summed E-state index contributed by atoms with van der Waals surface area (Å²) in [6.45, 7) is 8.34. The highest BCUT2D eigenvalue weighted by molar-refractivity contribution is 7.19. The molecule has 23 heavy (non-hydrogen) atoms. The zero-order valence-corrected chi connectivity index (χ0v) is 15.5. The van der Waals surface area contributed by atoms with Crippen LogP contribution >= 0.6 is 22.9 Å². The minimum absolute atomic E-state index is 0.0621. The molecule has 2 heterocycles. The Labute approximate surface area is 145 Å². The summed E-state index contributed by atoms with van der Waals surface area (Å²) < 4.78 is 0. The number of fused-ring (bicyclic) bond motifs is 3. The lowest BCUT2D eigenvalue weighted by Gasteiger charge is -2.35. The predicted octanol–water partition coefficient (Wildman–Crippen LogP) is 4.10. The van der Waals surface area contributed by atoms with Gasteiger partial charge in [0, 0.05) is 22.9 Å². The quantitative estimate of drug-likeness (QED) is 0.782. The van der Waals surface area contributed by atoms with E-state index in [2.05, 4.69) is 37.7 Å². The molecular weight excluding hydrogens is 330 g/mol. The van der Waals surface area contributed by atoms with Crippen LogP contribution in [0.15, 0.2) is 6.33 Å². The van der Waals surface area contributed by atoms with Crippen LogP contribution in [0.25, 0.3) is 10.2 Å². The Morgan fingerprint density at radius 1 is 1.30 bits per heavy atom. The van der Waals surface area contributed by atoms with Crippen molar-refractivity contribution in [3.05, 3.63) is 21.9 Å². The van der Waals surface area contributed by atoms with Crippen molar-refractivity contribution in [3.8, 4) is 0 Å². The molecule has 0 saturated heterocycles. The van der Waals surface area contributed by atoms with E-state index in [1.54, 1.807) is 11.3 Å². The summed E-state index contributed by atoms with van der Waals surface area (Å²) in [5, 5.41) is 1.52. The molecule has 0 aliphatic heterocycles. The number of nitrogens with zero attached hydrogens (tertiary/aromatic N) is 3. The summed E-state index contributed by atoms with van der Waals surface area (Å²) in [6.07, 6.45) is 4.05. The highest BCUT2D eigenvalue weighted by atomic mass is 35.5. The van der Waals surface area contributed by atoms with Gasteiger partial charge in [-0.15, -0.1) is 11.3 Å². The van der Waals surface area contributed by atoms with Gasteiger partial charge in [-0.1, -0.05) is 11.6 Å². The molecule has 2 aromatic rings. The van der Waals surface area contributed by atoms with E-state index in [-0.39, 0.29) is 23.9 Å². The maximum absolute atomic E-state index is 12.9. The number of carbonyl (C=O) groups is 1. The summed E-state index contributed by atoms with van der Waals surface area (Å²) in [5.41, 5.74) is 1.25. The minimum atomic E-state index is 0.0621. The van der Waals surface area contributed by atoms with Gasteiger partial charge >= 0.3 is 0 Å². The maximum Gasteiger partial charge on any atom is 0.226 e. The number of hydrogen-bond acceptors (Lipinski definition) is 4. The van der Waals surface area contributed by atoms with Crippen LogP contribution in [-0.2, 0) is 17.6 Å². The number of aromatic nitrogens is 2. The van der Waals surface area contributed by atoms with Crippen LogP contribution in [0.2, 0.25) is 5.15 Å². The lowest BCUT2D eigenvalue weighted by molar-refractivity contribution is -0.139. The van der Waals surface area contributed by atoms with Crippen LogP contribution in [0.1, 0.15) is 44.6 Å². The predicted molar refractivity (Wildman–Crippen MR) is 95.1 cm³/mol. The van der Waals surface area contributed by atoms with Crippen LogP contribution in [0.4, 0.5) is 0 Å². The normalized spacial score (nSPS) is 17.8. The second-order valence-corrected chi connectivity index (χ2v) is 8.16. The van der Waals surface area contributed by atoms with E-state index in [0.717, 1.165) is 29.5 Å². The number of carbonyl (C=O) groups excluding carboxylic acids is 1. The molecule has 3 rings (SSSR count). The van der Waals surface area contributed by atoms with Crippen molar-refractivity contribution in [2.45, 2.75) is 59.0 Å². The average Bonchev–Trinajstić information content (AvgIpc) is 2.84. The number of halogens is 1. The van der Waals surface area contributed by atoms with Crippen molar-refractivity contribution in [2.24, 2.45) is 5.92 Å². The summed E-state index contributed by atoms with van der Waals surface area (Å²) in [4.78, 5) is 25.6. The van der Waals surface area contributed by atoms with Gasteiger partial charge in [0.25, 0.3) is 0 Å². The largest absolute Gasteiger partial charge is 0.338 e. The third-order valence-corrected chi connectivity index (χ3v) is 5.96. The van der Waals surface area contributed by atoms with Crippen LogP contribution in [0.3, 0.4) is 0 Å². The molecule has 0 N–H and O–H groups in total. The van der Waals surface area contributed by atoms with Gasteiger partial charge < -0.3 is 4.90 Å². The first-order chi connectivity index (χ1) is 10.9. The highest BCUT2D eigenvalue weighted by Gasteiger charge is 2.33. The molecule has 1 aliphatic rings. The molecule has 1 unspecified atom stereocenters. The zero-order valence-electron chi connectivity index (χ0n) is 14.0. The first-order valence-electron chi connectivity index (χ1n) is 8.13. The number of rotatable bonds is 3. The van der Waals surface area contributed by atoms with Crippen LogP contribution in [0.5, 0.6) is 0 Å². The smallest absolute Gasteiger partial charge is 0.226 e. The fraction of sp³-hybridized carbons (Fsp3) is 0.588. The summed E-state index contributed by atoms with van der Waals surface area (Å²) in [5.74, 6) is 0.336. The van der Waals surface area contributed by atoms with Gasteiger partial charge in [-0.2, -0.15) is 0 Å². The minimum Gasteiger partial charge on any atom is -0.338 e. The summed E-state index contributed by atoms with van der Waals surface area (Å²) >= 11 is 7.91. The van der Waals surface area contributed by atoms with Gasteiger partial charge in [0.1, 0.15) is 16.3 Å².